The fourth-order valence-corrected chi connectivity index (χ4v) is 3.91. The van der Waals surface area contributed by atoms with Crippen molar-refractivity contribution in [1.82, 2.24) is 14.8 Å². The summed E-state index contributed by atoms with van der Waals surface area (Å²) < 4.78 is 17.8. The average Bonchev–Trinajstić information content (AvgIpc) is 3.25. The predicted molar refractivity (Wildman–Crippen MR) is 128 cm³/mol. The lowest BCUT2D eigenvalue weighted by molar-refractivity contribution is -0.384. The predicted octanol–water partition coefficient (Wildman–Crippen LogP) is 3.64. The van der Waals surface area contributed by atoms with E-state index in [9.17, 15) is 14.9 Å². The first-order valence-electron chi connectivity index (χ1n) is 10.3. The van der Waals surface area contributed by atoms with E-state index in [0.717, 1.165) is 12.0 Å². The van der Waals surface area contributed by atoms with Crippen LogP contribution in [0.1, 0.15) is 6.42 Å². The van der Waals surface area contributed by atoms with Crippen molar-refractivity contribution in [2.75, 3.05) is 39.0 Å². The van der Waals surface area contributed by atoms with Crippen LogP contribution < -0.4 is 14.8 Å². The van der Waals surface area contributed by atoms with Crippen LogP contribution in [0.25, 0.3) is 11.4 Å². The second kappa shape index (κ2) is 12.0. The highest BCUT2D eigenvalue weighted by Crippen LogP contribution is 2.33. The van der Waals surface area contributed by atoms with Crippen LogP contribution in [0.3, 0.4) is 0 Å². The highest BCUT2D eigenvalue weighted by Gasteiger charge is 2.17. The van der Waals surface area contributed by atoms with Gasteiger partial charge in [0.15, 0.2) is 22.5 Å². The van der Waals surface area contributed by atoms with Gasteiger partial charge in [0.05, 0.1) is 24.9 Å². The van der Waals surface area contributed by atoms with Crippen LogP contribution in [0.5, 0.6) is 11.5 Å². The van der Waals surface area contributed by atoms with Crippen molar-refractivity contribution in [3.05, 3.63) is 52.6 Å². The lowest BCUT2D eigenvalue weighted by Gasteiger charge is -2.12. The van der Waals surface area contributed by atoms with Gasteiger partial charge in [-0.3, -0.25) is 14.9 Å². The number of amides is 1. The van der Waals surface area contributed by atoms with E-state index < -0.39 is 4.92 Å². The van der Waals surface area contributed by atoms with Crippen LogP contribution in [0.4, 0.5) is 11.4 Å². The first kappa shape index (κ1) is 25.0. The lowest BCUT2D eigenvalue weighted by atomic mass is 10.2. The molecule has 0 aliphatic carbocycles. The van der Waals surface area contributed by atoms with Gasteiger partial charge in [-0.25, -0.2) is 0 Å². The van der Waals surface area contributed by atoms with Gasteiger partial charge < -0.3 is 24.1 Å². The highest BCUT2D eigenvalue weighted by atomic mass is 32.2. The van der Waals surface area contributed by atoms with Gasteiger partial charge in [-0.15, -0.1) is 10.2 Å². The second-order valence-electron chi connectivity index (χ2n) is 7.01. The molecule has 2 aromatic carbocycles. The number of carbonyl (C=O) groups is 1. The highest BCUT2D eigenvalue weighted by molar-refractivity contribution is 7.99. The lowest BCUT2D eigenvalue weighted by Crippen LogP contribution is -2.15. The van der Waals surface area contributed by atoms with Crippen LogP contribution in [0, 0.1) is 10.1 Å². The molecule has 1 heterocycles. The van der Waals surface area contributed by atoms with Gasteiger partial charge in [0.1, 0.15) is 0 Å². The molecular formula is C22H25N5O6S. The number of hydrogen-bond donors (Lipinski definition) is 1. The number of ether oxygens (including phenoxy) is 3. The summed E-state index contributed by atoms with van der Waals surface area (Å²) in [5, 5.41) is 22.7. The van der Waals surface area contributed by atoms with Gasteiger partial charge >= 0.3 is 0 Å². The van der Waals surface area contributed by atoms with Crippen LogP contribution in [-0.2, 0) is 16.1 Å². The van der Waals surface area contributed by atoms with Crippen LogP contribution in [0.15, 0.2) is 47.6 Å². The second-order valence-corrected chi connectivity index (χ2v) is 7.96. The number of aromatic nitrogens is 3. The van der Waals surface area contributed by atoms with Gasteiger partial charge in [-0.05, 0) is 36.8 Å². The molecule has 0 saturated heterocycles. The van der Waals surface area contributed by atoms with E-state index in [0.29, 0.717) is 41.3 Å². The van der Waals surface area contributed by atoms with Crippen molar-refractivity contribution < 1.29 is 23.9 Å². The summed E-state index contributed by atoms with van der Waals surface area (Å²) in [5.74, 6) is 1.64. The monoisotopic (exact) mass is 487 g/mol. The Balaban J connectivity index is 1.75. The van der Waals surface area contributed by atoms with Crippen LogP contribution in [-0.4, -0.2) is 59.3 Å². The number of nitro benzene ring substituents is 1. The van der Waals surface area contributed by atoms with Crippen molar-refractivity contribution in [3.63, 3.8) is 0 Å². The Morgan fingerprint density at radius 3 is 2.47 bits per heavy atom. The first-order chi connectivity index (χ1) is 16.5. The fourth-order valence-electron chi connectivity index (χ4n) is 3.15. The third kappa shape index (κ3) is 6.23. The zero-order valence-corrected chi connectivity index (χ0v) is 19.8. The summed E-state index contributed by atoms with van der Waals surface area (Å²) in [7, 11) is 4.77. The Labute approximate surface area is 200 Å². The normalized spacial score (nSPS) is 10.7. The molecule has 3 aromatic rings. The molecule has 0 bridgehead atoms. The Hall–Kier alpha value is -3.64. The first-order valence-corrected chi connectivity index (χ1v) is 11.3. The minimum absolute atomic E-state index is 0.0424. The number of nitrogens with one attached hydrogen (secondary N) is 1. The average molecular weight is 488 g/mol. The SMILES string of the molecule is COCCCn1c(SCC(=O)Nc2ccc([N+](=O)[O-])cc2)nnc1-c1ccc(OC)c(OC)c1. The molecule has 11 nitrogen and oxygen atoms in total. The third-order valence-corrected chi connectivity index (χ3v) is 5.75. The van der Waals surface area contributed by atoms with Crippen molar-refractivity contribution in [2.45, 2.75) is 18.1 Å². The van der Waals surface area contributed by atoms with E-state index in [1.54, 1.807) is 27.4 Å². The maximum absolute atomic E-state index is 12.4. The van der Waals surface area contributed by atoms with Gasteiger partial charge in [0.25, 0.3) is 5.69 Å². The van der Waals surface area contributed by atoms with E-state index in [2.05, 4.69) is 15.5 Å². The molecule has 12 heteroatoms. The topological polar surface area (TPSA) is 131 Å². The fraction of sp³-hybridized carbons (Fsp3) is 0.318. The molecule has 1 N–H and O–H groups in total. The molecule has 0 saturated carbocycles. The quantitative estimate of drug-likeness (QED) is 0.176. The summed E-state index contributed by atoms with van der Waals surface area (Å²) in [4.78, 5) is 22.7. The summed E-state index contributed by atoms with van der Waals surface area (Å²) in [5.41, 5.74) is 1.23. The smallest absolute Gasteiger partial charge is 0.269 e. The molecule has 1 aromatic heterocycles. The molecule has 3 rings (SSSR count). The molecule has 0 aliphatic heterocycles. The molecule has 1 amide bonds. The largest absolute Gasteiger partial charge is 0.493 e. The minimum Gasteiger partial charge on any atom is -0.493 e. The number of carbonyl (C=O) groups excluding carboxylic acids is 1. The zero-order valence-electron chi connectivity index (χ0n) is 19.0. The maximum atomic E-state index is 12.4. The molecule has 0 aliphatic rings. The van der Waals surface area contributed by atoms with E-state index >= 15 is 0 Å². The molecular weight excluding hydrogens is 462 g/mol. The molecule has 0 spiro atoms. The van der Waals surface area contributed by atoms with Gasteiger partial charge in [-0.1, -0.05) is 11.8 Å². The van der Waals surface area contributed by atoms with Gasteiger partial charge in [0, 0.05) is 43.6 Å². The summed E-state index contributed by atoms with van der Waals surface area (Å²) in [6, 6.07) is 11.1. The van der Waals surface area contributed by atoms with Crippen molar-refractivity contribution >= 4 is 29.0 Å². The summed E-state index contributed by atoms with van der Waals surface area (Å²) in [6.45, 7) is 1.16. The van der Waals surface area contributed by atoms with Crippen LogP contribution >= 0.6 is 11.8 Å². The number of methoxy groups -OCH3 is 3. The Morgan fingerprint density at radius 1 is 1.09 bits per heavy atom. The molecule has 0 fully saturated rings. The van der Waals surface area contributed by atoms with E-state index in [1.807, 2.05) is 16.7 Å². The molecule has 0 radical (unpaired) electrons. The van der Waals surface area contributed by atoms with Crippen molar-refractivity contribution in [3.8, 4) is 22.9 Å². The summed E-state index contributed by atoms with van der Waals surface area (Å²) in [6.07, 6.45) is 0.734. The number of anilines is 1. The number of nitro groups is 1. The minimum atomic E-state index is -0.492. The third-order valence-electron chi connectivity index (χ3n) is 4.78. The number of non-ortho nitro benzene ring substituents is 1. The zero-order chi connectivity index (χ0) is 24.5. The van der Waals surface area contributed by atoms with E-state index in [4.69, 9.17) is 14.2 Å². The number of hydrogen-bond acceptors (Lipinski definition) is 9. The summed E-state index contributed by atoms with van der Waals surface area (Å²) >= 11 is 1.25. The Bertz CT molecular complexity index is 1140. The number of thioether (sulfide) groups is 1. The Kier molecular flexibility index (Phi) is 8.82. The van der Waals surface area contributed by atoms with Crippen molar-refractivity contribution in [2.24, 2.45) is 0 Å². The standard InChI is InChI=1S/C22H25N5O6S/c1-31-12-4-11-26-21(15-5-10-18(32-2)19(13-15)33-3)24-25-22(26)34-14-20(28)23-16-6-8-17(9-7-16)27(29)30/h5-10,13H,4,11-12,14H2,1-3H3,(H,23,28). The van der Waals surface area contributed by atoms with Crippen LogP contribution in [0.2, 0.25) is 0 Å². The van der Waals surface area contributed by atoms with E-state index in [1.165, 1.54) is 36.0 Å². The molecule has 0 unspecified atom stereocenters. The maximum Gasteiger partial charge on any atom is 0.269 e. The Morgan fingerprint density at radius 2 is 1.82 bits per heavy atom. The number of benzene rings is 2. The van der Waals surface area contributed by atoms with Gasteiger partial charge in [-0.2, -0.15) is 0 Å². The molecule has 180 valence electrons. The number of nitrogens with zero attached hydrogens (tertiary/aromatic N) is 4. The van der Waals surface area contributed by atoms with Gasteiger partial charge in [0.2, 0.25) is 5.91 Å². The molecule has 34 heavy (non-hydrogen) atoms. The molecule has 0 atom stereocenters. The number of rotatable bonds is 12. The van der Waals surface area contributed by atoms with Crippen molar-refractivity contribution in [1.29, 1.82) is 0 Å². The van der Waals surface area contributed by atoms with E-state index in [-0.39, 0.29) is 17.3 Å².